The van der Waals surface area contributed by atoms with Gasteiger partial charge >= 0.3 is 6.09 Å². The van der Waals surface area contributed by atoms with E-state index in [0.717, 1.165) is 16.8 Å². The third-order valence-electron chi connectivity index (χ3n) is 5.38. The molecule has 1 heterocycles. The second kappa shape index (κ2) is 14.0. The molecule has 0 saturated carbocycles. The monoisotopic (exact) mass is 509 g/mol. The van der Waals surface area contributed by atoms with Crippen LogP contribution in [0.15, 0.2) is 85.1 Å². The fraction of sp³-hybridized carbons (Fsp3) is 0.357. The van der Waals surface area contributed by atoms with Crippen molar-refractivity contribution in [1.29, 1.82) is 0 Å². The van der Waals surface area contributed by atoms with E-state index in [1.165, 1.54) is 0 Å². The van der Waals surface area contributed by atoms with Crippen LogP contribution in [0, 0.1) is 0 Å². The molecule has 0 fully saturated rings. The minimum Gasteiger partial charge on any atom is -0.598 e. The molecule has 0 aliphatic carbocycles. The van der Waals surface area contributed by atoms with Crippen LogP contribution in [0.1, 0.15) is 37.6 Å². The lowest BCUT2D eigenvalue weighted by molar-refractivity contribution is 0.0806. The van der Waals surface area contributed by atoms with Crippen molar-refractivity contribution >= 4 is 17.5 Å². The maximum Gasteiger partial charge on any atom is 0.407 e. The fourth-order valence-electron chi connectivity index (χ4n) is 3.38. The number of benzene rings is 2. The van der Waals surface area contributed by atoms with E-state index >= 15 is 0 Å². The summed E-state index contributed by atoms with van der Waals surface area (Å²) in [6, 6.07) is 24.0. The Hall–Kier alpha value is -2.91. The number of aromatic nitrogens is 1. The highest BCUT2D eigenvalue weighted by Gasteiger charge is 2.34. The van der Waals surface area contributed by atoms with Gasteiger partial charge in [-0.15, -0.1) is 4.72 Å². The highest BCUT2D eigenvalue weighted by atomic mass is 32.2. The van der Waals surface area contributed by atoms with Crippen molar-refractivity contribution < 1.29 is 18.8 Å². The van der Waals surface area contributed by atoms with Gasteiger partial charge in [-0.1, -0.05) is 66.7 Å². The van der Waals surface area contributed by atoms with Gasteiger partial charge in [-0.05, 0) is 44.0 Å². The summed E-state index contributed by atoms with van der Waals surface area (Å²) in [5.41, 5.74) is 2.73. The molecule has 0 aliphatic rings. The summed E-state index contributed by atoms with van der Waals surface area (Å²) in [5, 5.41) is 2.94. The van der Waals surface area contributed by atoms with Gasteiger partial charge in [-0.3, -0.25) is 4.98 Å². The molecule has 8 heteroatoms. The molecule has 36 heavy (non-hydrogen) atoms. The predicted molar refractivity (Wildman–Crippen MR) is 142 cm³/mol. The SMILES string of the molecule is CC(C)(C)[S+]([O-])NC(Cc1ccccn1)[C@@H](COCc1ccccc1)NC(=O)OCc1ccccc1. The lowest BCUT2D eigenvalue weighted by atomic mass is 10.0. The standard InChI is InChI=1S/C28H35N3O4S/c1-28(2,3)36(33)31-25(18-24-16-10-11-17-29-24)26(21-34-19-22-12-6-4-7-13-22)30-27(32)35-20-23-14-8-5-9-15-23/h4-17,25-26,31H,18-21H2,1-3H3,(H,30,32)/t25?,26-,36?/m1/s1. The smallest absolute Gasteiger partial charge is 0.407 e. The van der Waals surface area contributed by atoms with Crippen LogP contribution in [0.3, 0.4) is 0 Å². The highest BCUT2D eigenvalue weighted by molar-refractivity contribution is 7.90. The van der Waals surface area contributed by atoms with Gasteiger partial charge in [0.2, 0.25) is 0 Å². The Kier molecular flexibility index (Phi) is 10.8. The molecule has 0 spiro atoms. The topological polar surface area (TPSA) is 95.5 Å². The van der Waals surface area contributed by atoms with Crippen molar-refractivity contribution in [2.24, 2.45) is 0 Å². The van der Waals surface area contributed by atoms with Crippen molar-refractivity contribution in [3.05, 3.63) is 102 Å². The van der Waals surface area contributed by atoms with Gasteiger partial charge < -0.3 is 19.3 Å². The Bertz CT molecular complexity index is 1030. The molecular formula is C28H35N3O4S. The number of hydrogen-bond donors (Lipinski definition) is 2. The summed E-state index contributed by atoms with van der Waals surface area (Å²) in [7, 11) is 0. The number of amides is 1. The number of carbonyl (C=O) groups excluding carboxylic acids is 1. The molecule has 3 rings (SSSR count). The Labute approximate surface area is 216 Å². The first-order valence-corrected chi connectivity index (χ1v) is 13.1. The van der Waals surface area contributed by atoms with Crippen LogP contribution in [0.25, 0.3) is 0 Å². The molecule has 2 N–H and O–H groups in total. The molecule has 2 unspecified atom stereocenters. The van der Waals surface area contributed by atoms with Crippen molar-refractivity contribution in [3.63, 3.8) is 0 Å². The number of nitrogens with one attached hydrogen (secondary N) is 2. The van der Waals surface area contributed by atoms with Crippen LogP contribution >= 0.6 is 0 Å². The molecule has 7 nitrogen and oxygen atoms in total. The number of carbonyl (C=O) groups is 1. The molecule has 3 atom stereocenters. The zero-order valence-corrected chi connectivity index (χ0v) is 21.9. The van der Waals surface area contributed by atoms with E-state index < -0.39 is 34.3 Å². The first-order valence-electron chi connectivity index (χ1n) is 12.0. The van der Waals surface area contributed by atoms with Crippen LogP contribution in [0.2, 0.25) is 0 Å². The van der Waals surface area contributed by atoms with Gasteiger partial charge in [0.05, 0.1) is 25.3 Å². The maximum absolute atomic E-state index is 13.1. The Balaban J connectivity index is 1.74. The van der Waals surface area contributed by atoms with Crippen molar-refractivity contribution in [3.8, 4) is 0 Å². The number of pyridine rings is 1. The van der Waals surface area contributed by atoms with Crippen LogP contribution in [0.5, 0.6) is 0 Å². The van der Waals surface area contributed by atoms with E-state index in [2.05, 4.69) is 15.0 Å². The van der Waals surface area contributed by atoms with Crippen molar-refractivity contribution in [1.82, 2.24) is 15.0 Å². The average molecular weight is 510 g/mol. The van der Waals surface area contributed by atoms with E-state index in [1.807, 2.05) is 99.6 Å². The number of alkyl carbamates (subject to hydrolysis) is 1. The molecule has 3 aromatic rings. The van der Waals surface area contributed by atoms with E-state index in [1.54, 1.807) is 6.20 Å². The minimum absolute atomic E-state index is 0.149. The van der Waals surface area contributed by atoms with Gasteiger partial charge in [0, 0.05) is 29.7 Å². The Morgan fingerprint density at radius 3 is 2.11 bits per heavy atom. The maximum atomic E-state index is 13.1. The van der Waals surface area contributed by atoms with Gasteiger partial charge in [0.1, 0.15) is 11.4 Å². The largest absolute Gasteiger partial charge is 0.598 e. The van der Waals surface area contributed by atoms with E-state index in [0.29, 0.717) is 13.0 Å². The predicted octanol–water partition coefficient (Wildman–Crippen LogP) is 4.56. The van der Waals surface area contributed by atoms with E-state index in [4.69, 9.17) is 9.47 Å². The molecule has 0 saturated heterocycles. The third kappa shape index (κ3) is 9.62. The number of nitrogens with zero attached hydrogens (tertiary/aromatic N) is 1. The van der Waals surface area contributed by atoms with Gasteiger partial charge in [0.25, 0.3) is 0 Å². The molecule has 1 amide bonds. The molecular weight excluding hydrogens is 474 g/mol. The molecule has 2 aromatic carbocycles. The van der Waals surface area contributed by atoms with Gasteiger partial charge in [-0.25, -0.2) is 4.79 Å². The quantitative estimate of drug-likeness (QED) is 0.348. The summed E-state index contributed by atoms with van der Waals surface area (Å²) >= 11 is -1.38. The first-order chi connectivity index (χ1) is 17.3. The zero-order valence-electron chi connectivity index (χ0n) is 21.1. The summed E-state index contributed by atoms with van der Waals surface area (Å²) < 4.78 is 27.2. The van der Waals surface area contributed by atoms with Crippen LogP contribution < -0.4 is 10.0 Å². The van der Waals surface area contributed by atoms with E-state index in [-0.39, 0.29) is 13.2 Å². The zero-order chi connectivity index (χ0) is 25.8. The number of ether oxygens (including phenoxy) is 2. The highest BCUT2D eigenvalue weighted by Crippen LogP contribution is 2.17. The van der Waals surface area contributed by atoms with Crippen molar-refractivity contribution in [2.75, 3.05) is 6.61 Å². The van der Waals surface area contributed by atoms with Gasteiger partial charge in [0.15, 0.2) is 0 Å². The second-order valence-electron chi connectivity index (χ2n) is 9.44. The minimum atomic E-state index is -1.38. The average Bonchev–Trinajstić information content (AvgIpc) is 2.88. The normalized spacial score (nSPS) is 14.0. The fourth-order valence-corrected chi connectivity index (χ4v) is 4.25. The first kappa shape index (κ1) is 27.7. The molecule has 0 aliphatic heterocycles. The van der Waals surface area contributed by atoms with Crippen LogP contribution in [-0.2, 0) is 40.5 Å². The Morgan fingerprint density at radius 1 is 0.917 bits per heavy atom. The second-order valence-corrected chi connectivity index (χ2v) is 11.4. The van der Waals surface area contributed by atoms with Crippen LogP contribution in [0.4, 0.5) is 4.79 Å². The molecule has 192 valence electrons. The number of rotatable bonds is 12. The lowest BCUT2D eigenvalue weighted by Crippen LogP contribution is -2.57. The summed E-state index contributed by atoms with van der Waals surface area (Å²) in [6.45, 7) is 6.43. The van der Waals surface area contributed by atoms with Crippen molar-refractivity contribution in [2.45, 2.75) is 57.2 Å². The Morgan fingerprint density at radius 2 is 1.53 bits per heavy atom. The van der Waals surface area contributed by atoms with Gasteiger partial charge in [-0.2, -0.15) is 0 Å². The van der Waals surface area contributed by atoms with Crippen LogP contribution in [-0.4, -0.2) is 39.1 Å². The third-order valence-corrected chi connectivity index (χ3v) is 7.01. The molecule has 0 bridgehead atoms. The lowest BCUT2D eigenvalue weighted by Gasteiger charge is -2.32. The molecule has 0 radical (unpaired) electrons. The molecule has 1 aromatic heterocycles. The summed E-state index contributed by atoms with van der Waals surface area (Å²) in [4.78, 5) is 17.2. The van der Waals surface area contributed by atoms with E-state index in [9.17, 15) is 9.35 Å². The summed E-state index contributed by atoms with van der Waals surface area (Å²) in [6.07, 6.45) is 1.60. The summed E-state index contributed by atoms with van der Waals surface area (Å²) in [5.74, 6) is 0. The number of hydrogen-bond acceptors (Lipinski definition) is 6.